The van der Waals surface area contributed by atoms with E-state index < -0.39 is 30.4 Å². The molecule has 3 aromatic heterocycles. The van der Waals surface area contributed by atoms with Crippen LogP contribution in [0.5, 0.6) is 0 Å². The molecule has 0 spiro atoms. The number of anilines is 1. The number of nitrogens with zero attached hydrogens (tertiary/aromatic N) is 7. The molecular formula is C29H30FN7O2. The van der Waals surface area contributed by atoms with Crippen molar-refractivity contribution < 1.29 is 18.0 Å². The summed E-state index contributed by atoms with van der Waals surface area (Å²) >= 11 is 0. The number of carbonyl (C=O) groups excluding carboxylic acids is 1. The molecule has 0 saturated carbocycles. The largest absolute Gasteiger partial charge is 0.444 e. The molecule has 1 aromatic carbocycles. The van der Waals surface area contributed by atoms with Crippen LogP contribution in [0.3, 0.4) is 0 Å². The normalized spacial score (nSPS) is 19.2. The van der Waals surface area contributed by atoms with Gasteiger partial charge in [0.05, 0.1) is 17.0 Å². The molecule has 1 amide bonds. The number of nitriles is 1. The van der Waals surface area contributed by atoms with Crippen LogP contribution in [-0.2, 0) is 4.74 Å². The van der Waals surface area contributed by atoms with Gasteiger partial charge < -0.3 is 14.5 Å². The van der Waals surface area contributed by atoms with E-state index in [-0.39, 0.29) is 19.1 Å². The first-order valence-electron chi connectivity index (χ1n) is 14.0. The molecule has 200 valence electrons. The lowest BCUT2D eigenvalue weighted by molar-refractivity contribution is 0.0130. The number of rotatable bonds is 3. The highest BCUT2D eigenvalue weighted by Gasteiger charge is 2.36. The Hall–Kier alpha value is -4.52. The Kier molecular flexibility index (Phi) is 5.75. The van der Waals surface area contributed by atoms with Crippen molar-refractivity contribution in [3.8, 4) is 23.0 Å². The van der Waals surface area contributed by atoms with Crippen molar-refractivity contribution in [3.63, 3.8) is 0 Å². The molecule has 0 unspecified atom stereocenters. The maximum Gasteiger partial charge on any atom is 0.410 e. The van der Waals surface area contributed by atoms with Gasteiger partial charge in [-0.3, -0.25) is 4.57 Å². The second-order valence-electron chi connectivity index (χ2n) is 10.5. The molecule has 0 bridgehead atoms. The highest BCUT2D eigenvalue weighted by atomic mass is 19.1. The van der Waals surface area contributed by atoms with E-state index in [0.29, 0.717) is 39.4 Å². The van der Waals surface area contributed by atoms with Gasteiger partial charge in [0.25, 0.3) is 0 Å². The van der Waals surface area contributed by atoms with E-state index in [2.05, 4.69) is 21.0 Å². The molecule has 0 radical (unpaired) electrons. The van der Waals surface area contributed by atoms with Gasteiger partial charge in [-0.05, 0) is 52.7 Å². The lowest BCUT2D eigenvalue weighted by atomic mass is 10.0. The molecular weight excluding hydrogens is 497 g/mol. The van der Waals surface area contributed by atoms with Crippen LogP contribution in [0.25, 0.3) is 28.0 Å². The summed E-state index contributed by atoms with van der Waals surface area (Å²) in [5.41, 5.74) is 0.740. The SMILES string of the molecule is [2H]C([2H])([2H])[C@@H]1CN(c2ncnc3c2c(-c2ccccc2F)cn3-c2cc(C#N)ccn2)[C@@H](C)CN1C(=O)OC(C)(C)C. The fourth-order valence-corrected chi connectivity index (χ4v) is 4.73. The van der Waals surface area contributed by atoms with E-state index in [1.165, 1.54) is 23.5 Å². The molecule has 10 heteroatoms. The van der Waals surface area contributed by atoms with Crippen molar-refractivity contribution in [2.24, 2.45) is 0 Å². The molecule has 1 aliphatic heterocycles. The fourth-order valence-electron chi connectivity index (χ4n) is 4.73. The third-order valence-electron chi connectivity index (χ3n) is 6.49. The molecule has 5 rings (SSSR count). The van der Waals surface area contributed by atoms with Crippen molar-refractivity contribution in [1.82, 2.24) is 24.4 Å². The Balaban J connectivity index is 1.69. The summed E-state index contributed by atoms with van der Waals surface area (Å²) in [6.45, 7) is 4.49. The van der Waals surface area contributed by atoms with Crippen LogP contribution >= 0.6 is 0 Å². The number of halogens is 1. The zero-order chi connectivity index (χ0) is 30.4. The van der Waals surface area contributed by atoms with E-state index in [4.69, 9.17) is 8.85 Å². The summed E-state index contributed by atoms with van der Waals surface area (Å²) in [5.74, 6) is 0.321. The first-order valence-corrected chi connectivity index (χ1v) is 12.5. The zero-order valence-electron chi connectivity index (χ0n) is 25.1. The molecule has 4 heterocycles. The lowest BCUT2D eigenvalue weighted by Crippen LogP contribution is -2.59. The lowest BCUT2D eigenvalue weighted by Gasteiger charge is -2.44. The number of piperazine rings is 1. The third kappa shape index (κ3) is 5.00. The van der Waals surface area contributed by atoms with Crippen molar-refractivity contribution >= 4 is 22.9 Å². The van der Waals surface area contributed by atoms with E-state index in [1.54, 1.807) is 61.9 Å². The number of fused-ring (bicyclic) bond motifs is 1. The predicted molar refractivity (Wildman–Crippen MR) is 146 cm³/mol. The van der Waals surface area contributed by atoms with Gasteiger partial charge in [0.15, 0.2) is 5.65 Å². The average molecular weight is 531 g/mol. The van der Waals surface area contributed by atoms with E-state index in [1.807, 2.05) is 11.8 Å². The standard InChI is InChI=1S/C29H30FN7O2/c1-18-15-36(28(38)39-29(3,4)5)19(2)14-35(18)26-25-22(21-8-6-7-9-23(21)30)16-37(27(25)34-17-33-26)24-12-20(13-31)10-11-32-24/h6-12,16-19H,14-15H2,1-5H3/t18-,19+/m0/s1/i2D3. The maximum atomic E-state index is 15.2. The van der Waals surface area contributed by atoms with E-state index in [9.17, 15) is 10.1 Å². The number of carbonyl (C=O) groups is 1. The predicted octanol–water partition coefficient (Wildman–Crippen LogP) is 5.33. The quantitative estimate of drug-likeness (QED) is 0.353. The molecule has 4 aromatic rings. The Labute approximate surface area is 230 Å². The van der Waals surface area contributed by atoms with Crippen LogP contribution in [0.4, 0.5) is 15.0 Å². The van der Waals surface area contributed by atoms with Gasteiger partial charge >= 0.3 is 6.09 Å². The number of ether oxygens (including phenoxy) is 1. The Bertz CT molecular complexity index is 1690. The minimum atomic E-state index is -2.52. The Morgan fingerprint density at radius 3 is 2.67 bits per heavy atom. The summed E-state index contributed by atoms with van der Waals surface area (Å²) in [6, 6.07) is 9.99. The molecule has 39 heavy (non-hydrogen) atoms. The van der Waals surface area contributed by atoms with Gasteiger partial charge in [0.1, 0.15) is 29.4 Å². The molecule has 0 aliphatic carbocycles. The van der Waals surface area contributed by atoms with Gasteiger partial charge in [-0.1, -0.05) is 18.2 Å². The monoisotopic (exact) mass is 530 g/mol. The second kappa shape index (κ2) is 9.98. The third-order valence-corrected chi connectivity index (χ3v) is 6.49. The number of benzene rings is 1. The number of aromatic nitrogens is 4. The van der Waals surface area contributed by atoms with Gasteiger partial charge in [0, 0.05) is 52.8 Å². The van der Waals surface area contributed by atoms with Crippen molar-refractivity contribution in [3.05, 3.63) is 66.5 Å². The van der Waals surface area contributed by atoms with Crippen LogP contribution in [0, 0.1) is 17.1 Å². The van der Waals surface area contributed by atoms with Gasteiger partial charge in [-0.25, -0.2) is 24.1 Å². The molecule has 1 saturated heterocycles. The van der Waals surface area contributed by atoms with E-state index >= 15 is 4.39 Å². The second-order valence-corrected chi connectivity index (χ2v) is 10.5. The van der Waals surface area contributed by atoms with Gasteiger partial charge in [0.2, 0.25) is 0 Å². The Morgan fingerprint density at radius 1 is 1.15 bits per heavy atom. The van der Waals surface area contributed by atoms with Crippen molar-refractivity contribution in [2.75, 3.05) is 18.0 Å². The number of hydrogen-bond acceptors (Lipinski definition) is 7. The summed E-state index contributed by atoms with van der Waals surface area (Å²) in [7, 11) is 0. The minimum Gasteiger partial charge on any atom is -0.444 e. The molecule has 2 atom stereocenters. The minimum absolute atomic E-state index is 0.0605. The molecule has 1 aliphatic rings. The number of amides is 1. The molecule has 1 fully saturated rings. The summed E-state index contributed by atoms with van der Waals surface area (Å²) in [5, 5.41) is 9.93. The van der Waals surface area contributed by atoms with Crippen LogP contribution in [0.15, 0.2) is 55.1 Å². The van der Waals surface area contributed by atoms with Crippen LogP contribution in [-0.4, -0.2) is 61.3 Å². The average Bonchev–Trinajstić information content (AvgIpc) is 3.31. The zero-order valence-corrected chi connectivity index (χ0v) is 22.1. The van der Waals surface area contributed by atoms with E-state index in [0.717, 1.165) is 0 Å². The fraction of sp³-hybridized carbons (Fsp3) is 0.345. The van der Waals surface area contributed by atoms with Crippen LogP contribution in [0.2, 0.25) is 0 Å². The summed E-state index contributed by atoms with van der Waals surface area (Å²) < 4.78 is 47.2. The highest BCUT2D eigenvalue weighted by Crippen LogP contribution is 2.39. The molecule has 9 nitrogen and oxygen atoms in total. The number of pyridine rings is 1. The maximum absolute atomic E-state index is 15.2. The van der Waals surface area contributed by atoms with Crippen molar-refractivity contribution in [1.29, 1.82) is 5.26 Å². The first kappa shape index (κ1) is 22.5. The van der Waals surface area contributed by atoms with Crippen molar-refractivity contribution in [2.45, 2.75) is 52.2 Å². The van der Waals surface area contributed by atoms with Crippen LogP contribution in [0.1, 0.15) is 44.2 Å². The van der Waals surface area contributed by atoms with Crippen LogP contribution < -0.4 is 4.90 Å². The Morgan fingerprint density at radius 2 is 1.95 bits per heavy atom. The molecule has 0 N–H and O–H groups in total. The topological polar surface area (TPSA) is 100 Å². The highest BCUT2D eigenvalue weighted by molar-refractivity contribution is 6.02. The first-order chi connectivity index (χ1) is 19.8. The van der Waals surface area contributed by atoms with Gasteiger partial charge in [-0.15, -0.1) is 0 Å². The number of hydrogen-bond donors (Lipinski definition) is 0. The summed E-state index contributed by atoms with van der Waals surface area (Å²) in [6.07, 6.45) is 3.84. The smallest absolute Gasteiger partial charge is 0.410 e. The van der Waals surface area contributed by atoms with Gasteiger partial charge in [-0.2, -0.15) is 5.26 Å². The summed E-state index contributed by atoms with van der Waals surface area (Å²) in [4.78, 5) is 29.7.